The average Bonchev–Trinajstić information content (AvgIpc) is 3.05. The molecule has 0 bridgehead atoms. The predicted molar refractivity (Wildman–Crippen MR) is 135 cm³/mol. The minimum absolute atomic E-state index is 0.115. The van der Waals surface area contributed by atoms with Crippen molar-refractivity contribution >= 4 is 23.4 Å². The summed E-state index contributed by atoms with van der Waals surface area (Å²) in [7, 11) is 0. The molecule has 2 aromatic carbocycles. The number of anilines is 2. The first kappa shape index (κ1) is 25.7. The van der Waals surface area contributed by atoms with E-state index in [1.54, 1.807) is 68.5 Å². The highest BCUT2D eigenvalue weighted by molar-refractivity contribution is 6.05. The third-order valence-electron chi connectivity index (χ3n) is 5.50. The van der Waals surface area contributed by atoms with E-state index in [0.29, 0.717) is 33.9 Å². The fourth-order valence-electron chi connectivity index (χ4n) is 3.63. The molecule has 0 saturated heterocycles. The quantitative estimate of drug-likeness (QED) is 0.277. The Bertz CT molecular complexity index is 1310. The van der Waals surface area contributed by atoms with Gasteiger partial charge in [-0.25, -0.2) is 9.18 Å². The summed E-state index contributed by atoms with van der Waals surface area (Å²) < 4.78 is 17.0. The van der Waals surface area contributed by atoms with Crippen molar-refractivity contribution in [3.05, 3.63) is 99.5 Å². The van der Waals surface area contributed by atoms with Crippen molar-refractivity contribution in [2.24, 2.45) is 0 Å². The Morgan fingerprint density at radius 3 is 2.49 bits per heavy atom. The largest absolute Gasteiger partial charge is 0.397 e. The van der Waals surface area contributed by atoms with Crippen molar-refractivity contribution in [1.29, 1.82) is 0 Å². The van der Waals surface area contributed by atoms with E-state index in [1.165, 1.54) is 21.3 Å². The molecule has 0 aliphatic rings. The minimum Gasteiger partial charge on any atom is -0.397 e. The molecule has 0 radical (unpaired) electrons. The number of imidazole rings is 1. The van der Waals surface area contributed by atoms with Gasteiger partial charge in [-0.15, -0.1) is 0 Å². The maximum atomic E-state index is 14.3. The van der Waals surface area contributed by atoms with Gasteiger partial charge in [0.05, 0.1) is 42.9 Å². The number of carbonyl (C=O) groups excluding carboxylic acids is 1. The number of benzene rings is 2. The number of hydrogen-bond donors (Lipinski definition) is 4. The van der Waals surface area contributed by atoms with E-state index in [2.05, 4.69) is 5.32 Å². The second kappa shape index (κ2) is 11.5. The third-order valence-corrected chi connectivity index (χ3v) is 5.50. The van der Waals surface area contributed by atoms with Gasteiger partial charge in [0.2, 0.25) is 0 Å². The summed E-state index contributed by atoms with van der Waals surface area (Å²) in [5.74, 6) is -0.861. The first-order chi connectivity index (χ1) is 16.7. The molecule has 0 spiro atoms. The van der Waals surface area contributed by atoms with Gasteiger partial charge in [0.15, 0.2) is 0 Å². The summed E-state index contributed by atoms with van der Waals surface area (Å²) in [5.41, 5.74) is 8.31. The van der Waals surface area contributed by atoms with Crippen LogP contribution in [0.1, 0.15) is 34.2 Å². The fourth-order valence-corrected chi connectivity index (χ4v) is 3.63. The molecule has 0 aliphatic heterocycles. The van der Waals surface area contributed by atoms with Crippen molar-refractivity contribution in [1.82, 2.24) is 9.13 Å². The maximum absolute atomic E-state index is 14.3. The zero-order valence-corrected chi connectivity index (χ0v) is 19.6. The second-order valence-corrected chi connectivity index (χ2v) is 8.05. The Morgan fingerprint density at radius 1 is 1.17 bits per heavy atom. The van der Waals surface area contributed by atoms with Crippen LogP contribution < -0.4 is 16.7 Å². The molecule has 5 N–H and O–H groups in total. The van der Waals surface area contributed by atoms with Gasteiger partial charge in [-0.3, -0.25) is 13.9 Å². The monoisotopic (exact) mass is 480 g/mol. The molecular formula is C26H29FN4O4. The zero-order valence-electron chi connectivity index (χ0n) is 19.6. The smallest absolute Gasteiger partial charge is 0.329 e. The Hall–Kier alpha value is -3.95. The predicted octanol–water partition coefficient (Wildman–Crippen LogP) is 3.08. The van der Waals surface area contributed by atoms with Crippen molar-refractivity contribution in [3.63, 3.8) is 0 Å². The van der Waals surface area contributed by atoms with Crippen molar-refractivity contribution in [2.45, 2.75) is 33.0 Å². The molecule has 0 saturated carbocycles. The van der Waals surface area contributed by atoms with Crippen LogP contribution in [0.15, 0.2) is 71.3 Å². The number of allylic oxidation sites excluding steroid dienone is 3. The summed E-state index contributed by atoms with van der Waals surface area (Å²) in [6.07, 6.45) is 2.95. The van der Waals surface area contributed by atoms with Crippen molar-refractivity contribution < 1.29 is 19.4 Å². The van der Waals surface area contributed by atoms with Crippen molar-refractivity contribution in [2.75, 3.05) is 17.7 Å². The highest BCUT2D eigenvalue weighted by atomic mass is 19.1. The molecule has 3 aromatic rings. The summed E-state index contributed by atoms with van der Waals surface area (Å²) in [6.45, 7) is 2.82. The number of carbonyl (C=O) groups is 1. The number of aliphatic hydroxyl groups excluding tert-OH is 2. The SMILES string of the molecule is C/C=C\C(F)=C/c1c(C)n(CC(O)CO)c(=O)n1Cc1ccc(C(=O)Nc2ccccc2N)cc1. The summed E-state index contributed by atoms with van der Waals surface area (Å²) in [6, 6.07) is 13.6. The van der Waals surface area contributed by atoms with Gasteiger partial charge in [-0.1, -0.05) is 30.3 Å². The molecule has 1 heterocycles. The van der Waals surface area contributed by atoms with Gasteiger partial charge in [0, 0.05) is 11.3 Å². The molecule has 1 unspecified atom stereocenters. The van der Waals surface area contributed by atoms with E-state index in [9.17, 15) is 24.2 Å². The van der Waals surface area contributed by atoms with Crippen LogP contribution in [0.5, 0.6) is 0 Å². The van der Waals surface area contributed by atoms with E-state index < -0.39 is 24.2 Å². The Morgan fingerprint density at radius 2 is 1.86 bits per heavy atom. The number of aliphatic hydroxyl groups is 2. The molecule has 0 fully saturated rings. The van der Waals surface area contributed by atoms with Gasteiger partial charge in [-0.05, 0) is 55.8 Å². The van der Waals surface area contributed by atoms with Gasteiger partial charge >= 0.3 is 5.69 Å². The number of nitrogen functional groups attached to an aromatic ring is 1. The first-order valence-corrected chi connectivity index (χ1v) is 11.1. The van der Waals surface area contributed by atoms with Gasteiger partial charge < -0.3 is 21.3 Å². The lowest BCUT2D eigenvalue weighted by Crippen LogP contribution is -2.31. The number of rotatable bonds is 9. The molecular weight excluding hydrogens is 451 g/mol. The highest BCUT2D eigenvalue weighted by Crippen LogP contribution is 2.19. The molecule has 3 rings (SSSR count). The van der Waals surface area contributed by atoms with Crippen LogP contribution in [0, 0.1) is 6.92 Å². The van der Waals surface area contributed by atoms with Crippen LogP contribution in [0.25, 0.3) is 6.08 Å². The van der Waals surface area contributed by atoms with Gasteiger partial charge in [-0.2, -0.15) is 0 Å². The maximum Gasteiger partial charge on any atom is 0.329 e. The number of aromatic nitrogens is 2. The Balaban J connectivity index is 1.90. The minimum atomic E-state index is -1.13. The van der Waals surface area contributed by atoms with Crippen LogP contribution in [0.4, 0.5) is 15.8 Å². The molecule has 184 valence electrons. The lowest BCUT2D eigenvalue weighted by Gasteiger charge is -2.09. The van der Waals surface area contributed by atoms with E-state index in [4.69, 9.17) is 5.73 Å². The molecule has 1 amide bonds. The number of para-hydroxylation sites is 2. The lowest BCUT2D eigenvalue weighted by molar-refractivity contribution is 0.0798. The van der Waals surface area contributed by atoms with E-state index in [1.807, 2.05) is 0 Å². The molecule has 8 nitrogen and oxygen atoms in total. The van der Waals surface area contributed by atoms with Crippen LogP contribution in [-0.2, 0) is 13.1 Å². The van der Waals surface area contributed by atoms with E-state index >= 15 is 0 Å². The number of nitrogens with two attached hydrogens (primary N) is 1. The summed E-state index contributed by atoms with van der Waals surface area (Å²) in [5, 5.41) is 21.8. The number of hydrogen-bond acceptors (Lipinski definition) is 5. The van der Waals surface area contributed by atoms with E-state index in [-0.39, 0.29) is 19.0 Å². The van der Waals surface area contributed by atoms with Gasteiger partial charge in [0.1, 0.15) is 5.83 Å². The Kier molecular flexibility index (Phi) is 8.40. The van der Waals surface area contributed by atoms with Crippen LogP contribution in [0.2, 0.25) is 0 Å². The highest BCUT2D eigenvalue weighted by Gasteiger charge is 2.18. The van der Waals surface area contributed by atoms with Crippen LogP contribution >= 0.6 is 0 Å². The summed E-state index contributed by atoms with van der Waals surface area (Å²) >= 11 is 0. The average molecular weight is 481 g/mol. The van der Waals surface area contributed by atoms with Crippen LogP contribution in [-0.4, -0.2) is 38.0 Å². The zero-order chi connectivity index (χ0) is 25.5. The number of amides is 1. The molecule has 0 aliphatic carbocycles. The standard InChI is InChI=1S/C26H29FN4O4/c1-3-6-20(27)13-24-17(2)30(15-21(33)16-32)26(35)31(24)14-18-9-11-19(12-10-18)25(34)29-23-8-5-4-7-22(23)28/h3-13,21,32-33H,14-16,28H2,1-2H3,(H,29,34)/b6-3-,20-13+. The lowest BCUT2D eigenvalue weighted by atomic mass is 10.1. The molecule has 1 atom stereocenters. The number of halogens is 1. The number of nitrogens with zero attached hydrogens (tertiary/aromatic N) is 2. The van der Waals surface area contributed by atoms with Crippen LogP contribution in [0.3, 0.4) is 0 Å². The molecule has 35 heavy (non-hydrogen) atoms. The fraction of sp³-hybridized carbons (Fsp3) is 0.231. The summed E-state index contributed by atoms with van der Waals surface area (Å²) in [4.78, 5) is 25.7. The first-order valence-electron chi connectivity index (χ1n) is 11.1. The molecule has 1 aromatic heterocycles. The third kappa shape index (κ3) is 6.14. The Labute approximate surface area is 202 Å². The van der Waals surface area contributed by atoms with Crippen molar-refractivity contribution in [3.8, 4) is 0 Å². The topological polar surface area (TPSA) is 123 Å². The van der Waals surface area contributed by atoms with E-state index in [0.717, 1.165) is 0 Å². The normalized spacial score (nSPS) is 12.8. The van der Waals surface area contributed by atoms with Gasteiger partial charge in [0.25, 0.3) is 5.91 Å². The molecule has 9 heteroatoms. The second-order valence-electron chi connectivity index (χ2n) is 8.05. The number of nitrogens with one attached hydrogen (secondary N) is 1.